The number of hydrogen-bond donors (Lipinski definition) is 2. The number of anilines is 1. The molecule has 0 bridgehead atoms. The van der Waals surface area contributed by atoms with E-state index in [9.17, 15) is 18.0 Å². The molecule has 0 spiro atoms. The van der Waals surface area contributed by atoms with E-state index in [2.05, 4.69) is 31.7 Å². The van der Waals surface area contributed by atoms with Gasteiger partial charge in [-0.3, -0.25) is 4.79 Å². The highest BCUT2D eigenvalue weighted by molar-refractivity contribution is 9.10. The first kappa shape index (κ1) is 22.2. The number of hydrogen-bond acceptors (Lipinski definition) is 4. The van der Waals surface area contributed by atoms with E-state index in [0.29, 0.717) is 5.75 Å². The zero-order valence-corrected chi connectivity index (χ0v) is 18.6. The molecular formula is C22H20BrF3N4O2. The summed E-state index contributed by atoms with van der Waals surface area (Å²) in [4.78, 5) is 12.6. The second-order valence-electron chi connectivity index (χ2n) is 7.43. The Morgan fingerprint density at radius 3 is 2.53 bits per heavy atom. The first-order valence-corrected chi connectivity index (χ1v) is 10.6. The number of methoxy groups -OCH3 is 1. The van der Waals surface area contributed by atoms with Crippen molar-refractivity contribution >= 4 is 27.7 Å². The van der Waals surface area contributed by atoms with Crippen LogP contribution < -0.4 is 15.4 Å². The second kappa shape index (κ2) is 8.85. The summed E-state index contributed by atoms with van der Waals surface area (Å²) in [6.07, 6.45) is -4.74. The topological polar surface area (TPSA) is 68.2 Å². The van der Waals surface area contributed by atoms with Gasteiger partial charge in [-0.25, -0.2) is 4.68 Å². The molecule has 3 aromatic rings. The number of fused-ring (bicyclic) bond motifs is 1. The van der Waals surface area contributed by atoms with Gasteiger partial charge in [-0.05, 0) is 35.4 Å². The molecule has 2 N–H and O–H groups in total. The maximum Gasteiger partial charge on any atom is 0.410 e. The molecule has 1 aliphatic heterocycles. The smallest absolute Gasteiger partial charge is 0.410 e. The Labute approximate surface area is 190 Å². The van der Waals surface area contributed by atoms with Gasteiger partial charge >= 0.3 is 6.18 Å². The molecule has 0 saturated heterocycles. The molecule has 1 aromatic heterocycles. The molecular weight excluding hydrogens is 489 g/mol. The van der Waals surface area contributed by atoms with E-state index in [1.54, 1.807) is 55.6 Å². The minimum absolute atomic E-state index is 0.0771. The van der Waals surface area contributed by atoms with Crippen molar-refractivity contribution < 1.29 is 22.7 Å². The molecule has 2 aromatic carbocycles. The average Bonchev–Trinajstić information content (AvgIpc) is 3.21. The maximum atomic E-state index is 13.8. The van der Waals surface area contributed by atoms with Crippen LogP contribution in [0.3, 0.4) is 0 Å². The van der Waals surface area contributed by atoms with Crippen molar-refractivity contribution in [2.24, 2.45) is 0 Å². The predicted octanol–water partition coefficient (Wildman–Crippen LogP) is 5.24. The summed E-state index contributed by atoms with van der Waals surface area (Å²) in [6, 6.07) is 13.2. The lowest BCUT2D eigenvalue weighted by Crippen LogP contribution is -2.35. The zero-order chi connectivity index (χ0) is 22.9. The summed E-state index contributed by atoms with van der Waals surface area (Å²) >= 11 is 3.33. The number of benzene rings is 2. The van der Waals surface area contributed by atoms with Gasteiger partial charge in [0.15, 0.2) is 11.7 Å². The lowest BCUT2D eigenvalue weighted by atomic mass is 9.97. The minimum atomic E-state index is -4.51. The standard InChI is InChI=1S/C22H20BrF3N4O2/c1-32-16-8-2-13(3-9-16)12-27-21(31)18-11-20-28-17(14-4-6-15(23)7-5-14)10-19(22(24,25)26)30(20)29-18/h2-9,11,17,19,28H,10,12H2,1H3,(H,27,31)/t17-,19-/m0/s1. The molecule has 1 amide bonds. The van der Waals surface area contributed by atoms with E-state index in [4.69, 9.17) is 4.74 Å². The minimum Gasteiger partial charge on any atom is -0.497 e. The van der Waals surface area contributed by atoms with Gasteiger partial charge in [0.1, 0.15) is 11.6 Å². The van der Waals surface area contributed by atoms with Gasteiger partial charge in [-0.15, -0.1) is 0 Å². The lowest BCUT2D eigenvalue weighted by molar-refractivity contribution is -0.173. The molecule has 0 fully saturated rings. The van der Waals surface area contributed by atoms with Crippen LogP contribution >= 0.6 is 15.9 Å². The average molecular weight is 509 g/mol. The molecule has 32 heavy (non-hydrogen) atoms. The third-order valence-electron chi connectivity index (χ3n) is 5.31. The monoisotopic (exact) mass is 508 g/mol. The highest BCUT2D eigenvalue weighted by Crippen LogP contribution is 2.43. The number of amides is 1. The largest absolute Gasteiger partial charge is 0.497 e. The summed E-state index contributed by atoms with van der Waals surface area (Å²) in [5.74, 6) is 0.290. The van der Waals surface area contributed by atoms with Gasteiger partial charge in [0.2, 0.25) is 0 Å². The lowest BCUT2D eigenvalue weighted by Gasteiger charge is -2.33. The van der Waals surface area contributed by atoms with E-state index < -0.39 is 24.2 Å². The highest BCUT2D eigenvalue weighted by Gasteiger charge is 2.46. The van der Waals surface area contributed by atoms with Gasteiger partial charge in [0.25, 0.3) is 5.91 Å². The van der Waals surface area contributed by atoms with Gasteiger partial charge < -0.3 is 15.4 Å². The van der Waals surface area contributed by atoms with Crippen LogP contribution in [0.5, 0.6) is 5.75 Å². The number of nitrogens with zero attached hydrogens (tertiary/aromatic N) is 2. The molecule has 2 atom stereocenters. The fourth-order valence-corrected chi connectivity index (χ4v) is 3.88. The molecule has 168 valence electrons. The summed E-state index contributed by atoms with van der Waals surface area (Å²) in [6.45, 7) is 0.211. The fraction of sp³-hybridized carbons (Fsp3) is 0.273. The van der Waals surface area contributed by atoms with E-state index in [0.717, 1.165) is 20.3 Å². The zero-order valence-electron chi connectivity index (χ0n) is 17.0. The normalized spacial score (nSPS) is 17.9. The van der Waals surface area contributed by atoms with Crippen LogP contribution in [-0.2, 0) is 6.54 Å². The molecule has 6 nitrogen and oxygen atoms in total. The van der Waals surface area contributed by atoms with E-state index in [1.165, 1.54) is 6.07 Å². The van der Waals surface area contributed by atoms with Crippen LogP contribution in [0.2, 0.25) is 0 Å². The van der Waals surface area contributed by atoms with Crippen molar-refractivity contribution in [3.63, 3.8) is 0 Å². The van der Waals surface area contributed by atoms with Crippen LogP contribution in [0.4, 0.5) is 19.0 Å². The summed E-state index contributed by atoms with van der Waals surface area (Å²) < 4.78 is 48.2. The van der Waals surface area contributed by atoms with Crippen LogP contribution in [-0.4, -0.2) is 29.0 Å². The van der Waals surface area contributed by atoms with Crippen molar-refractivity contribution in [3.05, 3.63) is 75.9 Å². The van der Waals surface area contributed by atoms with Crippen LogP contribution in [0.1, 0.15) is 40.1 Å². The first-order chi connectivity index (χ1) is 15.2. The number of carbonyl (C=O) groups excluding carboxylic acids is 1. The van der Waals surface area contributed by atoms with Crippen molar-refractivity contribution in [2.45, 2.75) is 31.2 Å². The van der Waals surface area contributed by atoms with Gasteiger partial charge in [0.05, 0.1) is 13.2 Å². The molecule has 10 heteroatoms. The maximum absolute atomic E-state index is 13.8. The SMILES string of the molecule is COc1ccc(CNC(=O)c2cc3n(n2)[C@H](C(F)(F)F)C[C@@H](c2ccc(Br)cc2)N3)cc1. The number of halogens is 4. The fourth-order valence-electron chi connectivity index (χ4n) is 3.61. The molecule has 0 radical (unpaired) electrons. The second-order valence-corrected chi connectivity index (χ2v) is 8.35. The number of rotatable bonds is 5. The van der Waals surface area contributed by atoms with Crippen molar-refractivity contribution in [1.82, 2.24) is 15.1 Å². The van der Waals surface area contributed by atoms with E-state index in [1.807, 2.05) is 0 Å². The summed E-state index contributed by atoms with van der Waals surface area (Å²) in [5.41, 5.74) is 1.47. The Bertz CT molecular complexity index is 1100. The molecule has 4 rings (SSSR count). The Morgan fingerprint density at radius 2 is 1.91 bits per heavy atom. The van der Waals surface area contributed by atoms with Crippen LogP contribution in [0.25, 0.3) is 0 Å². The third-order valence-corrected chi connectivity index (χ3v) is 5.84. The summed E-state index contributed by atoms with van der Waals surface area (Å²) in [7, 11) is 1.56. The number of alkyl halides is 3. The predicted molar refractivity (Wildman–Crippen MR) is 117 cm³/mol. The van der Waals surface area contributed by atoms with Crippen molar-refractivity contribution in [3.8, 4) is 5.75 Å². The highest BCUT2D eigenvalue weighted by atomic mass is 79.9. The third kappa shape index (κ3) is 4.74. The van der Waals surface area contributed by atoms with E-state index in [-0.39, 0.29) is 24.5 Å². The number of aromatic nitrogens is 2. The first-order valence-electron chi connectivity index (χ1n) is 9.84. The van der Waals surface area contributed by atoms with Crippen molar-refractivity contribution in [1.29, 1.82) is 0 Å². The number of ether oxygens (including phenoxy) is 1. The Hall–Kier alpha value is -3.01. The van der Waals surface area contributed by atoms with Crippen LogP contribution in [0, 0.1) is 0 Å². The molecule has 0 aliphatic carbocycles. The number of carbonyl (C=O) groups is 1. The van der Waals surface area contributed by atoms with Gasteiger partial charge in [0, 0.05) is 23.5 Å². The Kier molecular flexibility index (Phi) is 6.14. The molecule has 1 aliphatic rings. The van der Waals surface area contributed by atoms with Gasteiger partial charge in [-0.2, -0.15) is 18.3 Å². The number of nitrogens with one attached hydrogen (secondary N) is 2. The van der Waals surface area contributed by atoms with Crippen molar-refractivity contribution in [2.75, 3.05) is 12.4 Å². The van der Waals surface area contributed by atoms with E-state index >= 15 is 0 Å². The summed E-state index contributed by atoms with van der Waals surface area (Å²) in [5, 5.41) is 9.76. The van der Waals surface area contributed by atoms with Crippen LogP contribution in [0.15, 0.2) is 59.1 Å². The molecule has 2 heterocycles. The Morgan fingerprint density at radius 1 is 1.22 bits per heavy atom. The molecule has 0 saturated carbocycles. The Balaban J connectivity index is 1.54. The quantitative estimate of drug-likeness (QED) is 0.494. The molecule has 0 unspecified atom stereocenters. The van der Waals surface area contributed by atoms with Gasteiger partial charge in [-0.1, -0.05) is 40.2 Å².